The topological polar surface area (TPSA) is 44.5 Å². The molecule has 3 nitrogen and oxygen atoms in total. The number of hydrogen-bond donors (Lipinski definition) is 1. The standard InChI is InChI=1S/C8H17NO2/c1-7(11-9)6-8-2-4-10-5-3-8/h7-8H,2-6,9H2,1H3. The molecule has 0 aromatic heterocycles. The predicted octanol–water partition coefficient (Wildman–Crippen LogP) is 1.08. The predicted molar refractivity (Wildman–Crippen MR) is 42.9 cm³/mol. The fourth-order valence-electron chi connectivity index (χ4n) is 1.51. The molecule has 0 amide bonds. The highest BCUT2D eigenvalue weighted by molar-refractivity contribution is 4.66. The third-order valence-corrected chi connectivity index (χ3v) is 2.24. The van der Waals surface area contributed by atoms with Crippen molar-refractivity contribution in [2.45, 2.75) is 32.3 Å². The highest BCUT2D eigenvalue weighted by Crippen LogP contribution is 2.20. The Balaban J connectivity index is 2.13. The third kappa shape index (κ3) is 3.18. The maximum Gasteiger partial charge on any atom is 0.0762 e. The zero-order valence-electron chi connectivity index (χ0n) is 7.08. The number of ether oxygens (including phenoxy) is 1. The van der Waals surface area contributed by atoms with Crippen LogP contribution in [0.15, 0.2) is 0 Å². The molecule has 66 valence electrons. The summed E-state index contributed by atoms with van der Waals surface area (Å²) in [6, 6.07) is 0. The molecule has 1 atom stereocenters. The quantitative estimate of drug-likeness (QED) is 0.627. The molecule has 0 saturated carbocycles. The first-order valence-electron chi connectivity index (χ1n) is 4.26. The highest BCUT2D eigenvalue weighted by Gasteiger charge is 2.16. The van der Waals surface area contributed by atoms with Gasteiger partial charge >= 0.3 is 0 Å². The summed E-state index contributed by atoms with van der Waals surface area (Å²) < 4.78 is 5.24. The van der Waals surface area contributed by atoms with E-state index in [1.165, 1.54) is 0 Å². The molecule has 0 bridgehead atoms. The third-order valence-electron chi connectivity index (χ3n) is 2.24. The normalized spacial score (nSPS) is 23.5. The molecule has 1 unspecified atom stereocenters. The molecule has 0 spiro atoms. The van der Waals surface area contributed by atoms with E-state index in [2.05, 4.69) is 0 Å². The van der Waals surface area contributed by atoms with E-state index in [4.69, 9.17) is 15.5 Å². The minimum absolute atomic E-state index is 0.193. The number of nitrogens with two attached hydrogens (primary N) is 1. The second-order valence-corrected chi connectivity index (χ2v) is 3.24. The van der Waals surface area contributed by atoms with Crippen LogP contribution in [0.3, 0.4) is 0 Å². The van der Waals surface area contributed by atoms with Gasteiger partial charge in [-0.05, 0) is 32.1 Å². The van der Waals surface area contributed by atoms with E-state index in [-0.39, 0.29) is 6.10 Å². The Bertz CT molecular complexity index is 102. The van der Waals surface area contributed by atoms with Gasteiger partial charge in [-0.1, -0.05) is 0 Å². The molecule has 1 fully saturated rings. The molecule has 3 heteroatoms. The zero-order chi connectivity index (χ0) is 8.10. The van der Waals surface area contributed by atoms with Crippen LogP contribution >= 0.6 is 0 Å². The van der Waals surface area contributed by atoms with Crippen molar-refractivity contribution < 1.29 is 9.57 Å². The van der Waals surface area contributed by atoms with Crippen molar-refractivity contribution in [3.8, 4) is 0 Å². The smallest absolute Gasteiger partial charge is 0.0762 e. The van der Waals surface area contributed by atoms with Gasteiger partial charge in [-0.3, -0.25) is 0 Å². The molecular weight excluding hydrogens is 142 g/mol. The molecule has 1 aliphatic heterocycles. The summed E-state index contributed by atoms with van der Waals surface area (Å²) in [6.07, 6.45) is 3.58. The first-order valence-corrected chi connectivity index (χ1v) is 4.26. The van der Waals surface area contributed by atoms with Gasteiger partial charge in [-0.25, -0.2) is 5.90 Å². The molecule has 1 aliphatic rings. The molecule has 0 radical (unpaired) electrons. The summed E-state index contributed by atoms with van der Waals surface area (Å²) in [5.74, 6) is 5.81. The maximum absolute atomic E-state index is 5.24. The second-order valence-electron chi connectivity index (χ2n) is 3.24. The molecule has 2 N–H and O–H groups in total. The Labute approximate surface area is 67.8 Å². The summed E-state index contributed by atoms with van der Waals surface area (Å²) in [6.45, 7) is 3.82. The average molecular weight is 159 g/mol. The lowest BCUT2D eigenvalue weighted by molar-refractivity contribution is 0.0162. The van der Waals surface area contributed by atoms with Crippen molar-refractivity contribution in [2.24, 2.45) is 11.8 Å². The SMILES string of the molecule is CC(CC1CCOCC1)ON. The van der Waals surface area contributed by atoms with Crippen molar-refractivity contribution in [3.63, 3.8) is 0 Å². The molecule has 1 heterocycles. The van der Waals surface area contributed by atoms with E-state index >= 15 is 0 Å². The van der Waals surface area contributed by atoms with Gasteiger partial charge in [0.1, 0.15) is 0 Å². The number of hydrogen-bond acceptors (Lipinski definition) is 3. The Morgan fingerprint density at radius 1 is 1.55 bits per heavy atom. The zero-order valence-corrected chi connectivity index (χ0v) is 7.08. The summed E-state index contributed by atoms with van der Waals surface area (Å²) in [7, 11) is 0. The van der Waals surface area contributed by atoms with Gasteiger partial charge in [0, 0.05) is 13.2 Å². The van der Waals surface area contributed by atoms with E-state index in [0.717, 1.165) is 38.4 Å². The summed E-state index contributed by atoms with van der Waals surface area (Å²) in [5, 5.41) is 0. The maximum atomic E-state index is 5.24. The van der Waals surface area contributed by atoms with Gasteiger partial charge in [0.15, 0.2) is 0 Å². The van der Waals surface area contributed by atoms with Crippen LogP contribution in [0.5, 0.6) is 0 Å². The van der Waals surface area contributed by atoms with E-state index < -0.39 is 0 Å². The number of rotatable bonds is 3. The van der Waals surface area contributed by atoms with E-state index in [0.29, 0.717) is 0 Å². The Kier molecular flexibility index (Phi) is 3.83. The van der Waals surface area contributed by atoms with Crippen LogP contribution in [0, 0.1) is 5.92 Å². The van der Waals surface area contributed by atoms with Crippen LogP contribution in [-0.4, -0.2) is 19.3 Å². The summed E-state index contributed by atoms with van der Waals surface area (Å²) in [5.41, 5.74) is 0. The fraction of sp³-hybridized carbons (Fsp3) is 1.00. The van der Waals surface area contributed by atoms with Crippen LogP contribution in [0.2, 0.25) is 0 Å². The molecule has 1 rings (SSSR count). The van der Waals surface area contributed by atoms with Crippen LogP contribution < -0.4 is 5.90 Å². The lowest BCUT2D eigenvalue weighted by Crippen LogP contribution is -2.22. The lowest BCUT2D eigenvalue weighted by Gasteiger charge is -2.23. The molecule has 11 heavy (non-hydrogen) atoms. The van der Waals surface area contributed by atoms with Gasteiger partial charge < -0.3 is 9.57 Å². The van der Waals surface area contributed by atoms with Crippen LogP contribution in [0.1, 0.15) is 26.2 Å². The van der Waals surface area contributed by atoms with E-state index in [9.17, 15) is 0 Å². The van der Waals surface area contributed by atoms with Crippen molar-refractivity contribution >= 4 is 0 Å². The van der Waals surface area contributed by atoms with Crippen LogP contribution in [0.4, 0.5) is 0 Å². The van der Waals surface area contributed by atoms with Crippen LogP contribution in [-0.2, 0) is 9.57 Å². The minimum atomic E-state index is 0.193. The average Bonchev–Trinajstić information content (AvgIpc) is 2.06. The van der Waals surface area contributed by atoms with Gasteiger partial charge in [0.05, 0.1) is 6.10 Å². The molecule has 0 aromatic rings. The Morgan fingerprint density at radius 3 is 2.73 bits per heavy atom. The van der Waals surface area contributed by atoms with Gasteiger partial charge in [-0.2, -0.15) is 0 Å². The Hall–Kier alpha value is -0.120. The van der Waals surface area contributed by atoms with E-state index in [1.807, 2.05) is 6.92 Å². The van der Waals surface area contributed by atoms with Crippen molar-refractivity contribution in [2.75, 3.05) is 13.2 Å². The fourth-order valence-corrected chi connectivity index (χ4v) is 1.51. The summed E-state index contributed by atoms with van der Waals surface area (Å²) >= 11 is 0. The first kappa shape index (κ1) is 8.97. The highest BCUT2D eigenvalue weighted by atomic mass is 16.6. The van der Waals surface area contributed by atoms with E-state index in [1.54, 1.807) is 0 Å². The van der Waals surface area contributed by atoms with Crippen molar-refractivity contribution in [3.05, 3.63) is 0 Å². The minimum Gasteiger partial charge on any atom is -0.381 e. The van der Waals surface area contributed by atoms with Gasteiger partial charge in [-0.15, -0.1) is 0 Å². The second kappa shape index (κ2) is 4.70. The van der Waals surface area contributed by atoms with Crippen molar-refractivity contribution in [1.29, 1.82) is 0 Å². The summed E-state index contributed by atoms with van der Waals surface area (Å²) in [4.78, 5) is 4.71. The van der Waals surface area contributed by atoms with Gasteiger partial charge in [0.25, 0.3) is 0 Å². The lowest BCUT2D eigenvalue weighted by atomic mass is 9.94. The molecule has 0 aliphatic carbocycles. The van der Waals surface area contributed by atoms with Crippen molar-refractivity contribution in [1.82, 2.24) is 0 Å². The molecular formula is C8H17NO2. The molecule has 0 aromatic carbocycles. The molecule has 1 saturated heterocycles. The van der Waals surface area contributed by atoms with Gasteiger partial charge in [0.2, 0.25) is 0 Å². The monoisotopic (exact) mass is 159 g/mol. The Morgan fingerprint density at radius 2 is 2.18 bits per heavy atom. The van der Waals surface area contributed by atoms with Crippen LogP contribution in [0.25, 0.3) is 0 Å². The first-order chi connectivity index (χ1) is 5.33. The largest absolute Gasteiger partial charge is 0.381 e.